The Kier molecular flexibility index (Phi) is 3.52. The van der Waals surface area contributed by atoms with Crippen molar-refractivity contribution in [1.29, 1.82) is 0 Å². The Hall–Kier alpha value is -0.910. The molecule has 1 aromatic heterocycles. The van der Waals surface area contributed by atoms with Crippen LogP contribution in [0.5, 0.6) is 0 Å². The molecular formula is C16H25N3O2. The second-order valence-electron chi connectivity index (χ2n) is 7.22. The maximum Gasteiger partial charge on any atom is 0.0561 e. The molecule has 5 heteroatoms. The molecule has 5 nitrogen and oxygen atoms in total. The van der Waals surface area contributed by atoms with Gasteiger partial charge in [-0.3, -0.25) is 9.58 Å². The maximum absolute atomic E-state index is 6.03. The molecule has 21 heavy (non-hydrogen) atoms. The standard InChI is InChI=1S/C16H25N3O2/c1-18-5-14(4-17-18)6-19-7-15-9-21-12-16(15,10-19)11-20-8-13-2-3-13/h4-5,13,15H,2-3,6-12H2,1H3/t15-,16-/m1/s1. The van der Waals surface area contributed by atoms with Gasteiger partial charge in [-0.2, -0.15) is 5.10 Å². The zero-order chi connectivity index (χ0) is 14.3. The zero-order valence-electron chi connectivity index (χ0n) is 12.8. The van der Waals surface area contributed by atoms with Gasteiger partial charge in [-0.1, -0.05) is 0 Å². The van der Waals surface area contributed by atoms with Crippen molar-refractivity contribution >= 4 is 0 Å². The average Bonchev–Trinajstić information content (AvgIpc) is 2.90. The quantitative estimate of drug-likeness (QED) is 0.792. The minimum atomic E-state index is 0.233. The van der Waals surface area contributed by atoms with E-state index in [9.17, 15) is 0 Å². The Morgan fingerprint density at radius 1 is 1.48 bits per heavy atom. The third-order valence-corrected chi connectivity index (χ3v) is 5.20. The molecule has 0 unspecified atom stereocenters. The summed E-state index contributed by atoms with van der Waals surface area (Å²) in [6.45, 7) is 6.81. The van der Waals surface area contributed by atoms with Crippen LogP contribution in [-0.4, -0.2) is 54.2 Å². The molecule has 1 saturated carbocycles. The number of hydrogen-bond donors (Lipinski definition) is 0. The van der Waals surface area contributed by atoms with E-state index in [4.69, 9.17) is 9.47 Å². The van der Waals surface area contributed by atoms with Crippen molar-refractivity contribution in [2.75, 3.05) is 39.5 Å². The molecule has 0 bridgehead atoms. The normalized spacial score (nSPS) is 32.7. The predicted octanol–water partition coefficient (Wildman–Crippen LogP) is 1.30. The fraction of sp³-hybridized carbons (Fsp3) is 0.812. The Bertz CT molecular complexity index is 499. The molecule has 0 N–H and O–H groups in total. The van der Waals surface area contributed by atoms with Crippen molar-refractivity contribution in [2.24, 2.45) is 24.3 Å². The van der Waals surface area contributed by atoms with Gasteiger partial charge in [0.2, 0.25) is 0 Å². The van der Waals surface area contributed by atoms with Gasteiger partial charge >= 0.3 is 0 Å². The molecule has 0 aromatic carbocycles. The van der Waals surface area contributed by atoms with Crippen molar-refractivity contribution in [3.63, 3.8) is 0 Å². The molecule has 1 aromatic rings. The monoisotopic (exact) mass is 291 g/mol. The van der Waals surface area contributed by atoms with Crippen molar-refractivity contribution in [2.45, 2.75) is 19.4 Å². The van der Waals surface area contributed by atoms with Crippen LogP contribution in [0.1, 0.15) is 18.4 Å². The van der Waals surface area contributed by atoms with E-state index < -0.39 is 0 Å². The van der Waals surface area contributed by atoms with Gasteiger partial charge in [0.05, 0.1) is 26.0 Å². The SMILES string of the molecule is Cn1cc(CN2C[C@@H]3COC[C@]3(COCC3CC3)C2)cn1. The molecule has 3 fully saturated rings. The van der Waals surface area contributed by atoms with E-state index in [1.807, 2.05) is 17.9 Å². The largest absolute Gasteiger partial charge is 0.380 e. The highest BCUT2D eigenvalue weighted by atomic mass is 16.5. The third kappa shape index (κ3) is 2.87. The summed E-state index contributed by atoms with van der Waals surface area (Å²) in [4.78, 5) is 2.55. The number of aromatic nitrogens is 2. The molecule has 3 heterocycles. The lowest BCUT2D eigenvalue weighted by molar-refractivity contribution is 0.0221. The summed E-state index contributed by atoms with van der Waals surface area (Å²) in [5.74, 6) is 1.48. The molecular weight excluding hydrogens is 266 g/mol. The molecule has 116 valence electrons. The van der Waals surface area contributed by atoms with E-state index in [2.05, 4.69) is 16.2 Å². The van der Waals surface area contributed by atoms with E-state index in [1.165, 1.54) is 18.4 Å². The van der Waals surface area contributed by atoms with Crippen LogP contribution in [0, 0.1) is 17.3 Å². The maximum atomic E-state index is 6.03. The summed E-state index contributed by atoms with van der Waals surface area (Å²) >= 11 is 0. The molecule has 0 spiro atoms. The molecule has 2 saturated heterocycles. The summed E-state index contributed by atoms with van der Waals surface area (Å²) in [7, 11) is 1.98. The van der Waals surface area contributed by atoms with Crippen molar-refractivity contribution < 1.29 is 9.47 Å². The van der Waals surface area contributed by atoms with Crippen LogP contribution in [0.15, 0.2) is 12.4 Å². The summed E-state index contributed by atoms with van der Waals surface area (Å²) in [6, 6.07) is 0. The van der Waals surface area contributed by atoms with Crippen LogP contribution < -0.4 is 0 Å². The lowest BCUT2D eigenvalue weighted by atomic mass is 9.82. The Balaban J connectivity index is 1.36. The summed E-state index contributed by atoms with van der Waals surface area (Å²) < 4.78 is 13.7. The first-order valence-electron chi connectivity index (χ1n) is 8.09. The Morgan fingerprint density at radius 3 is 3.14 bits per heavy atom. The fourth-order valence-electron chi connectivity index (χ4n) is 3.79. The number of hydrogen-bond acceptors (Lipinski definition) is 4. The van der Waals surface area contributed by atoms with Gasteiger partial charge in [0.1, 0.15) is 0 Å². The van der Waals surface area contributed by atoms with E-state index in [1.54, 1.807) is 0 Å². The number of fused-ring (bicyclic) bond motifs is 1. The van der Waals surface area contributed by atoms with Crippen molar-refractivity contribution in [1.82, 2.24) is 14.7 Å². The molecule has 2 aliphatic heterocycles. The summed E-state index contributed by atoms with van der Waals surface area (Å²) in [5.41, 5.74) is 1.53. The van der Waals surface area contributed by atoms with Crippen molar-refractivity contribution in [3.05, 3.63) is 18.0 Å². The van der Waals surface area contributed by atoms with Gasteiger partial charge in [0.25, 0.3) is 0 Å². The Morgan fingerprint density at radius 2 is 2.38 bits per heavy atom. The van der Waals surface area contributed by atoms with Crippen LogP contribution in [0.3, 0.4) is 0 Å². The number of likely N-dealkylation sites (tertiary alicyclic amines) is 1. The second-order valence-corrected chi connectivity index (χ2v) is 7.22. The van der Waals surface area contributed by atoms with Crippen LogP contribution in [0.4, 0.5) is 0 Å². The molecule has 0 amide bonds. The fourth-order valence-corrected chi connectivity index (χ4v) is 3.79. The molecule has 1 aliphatic carbocycles. The highest BCUT2D eigenvalue weighted by Gasteiger charge is 2.50. The van der Waals surface area contributed by atoms with Gasteiger partial charge < -0.3 is 9.47 Å². The van der Waals surface area contributed by atoms with Crippen LogP contribution in [0.25, 0.3) is 0 Å². The highest BCUT2D eigenvalue weighted by molar-refractivity contribution is 5.07. The number of nitrogens with zero attached hydrogens (tertiary/aromatic N) is 3. The van der Waals surface area contributed by atoms with Gasteiger partial charge in [0.15, 0.2) is 0 Å². The second kappa shape index (κ2) is 5.38. The lowest BCUT2D eigenvalue weighted by Crippen LogP contribution is -2.35. The van der Waals surface area contributed by atoms with Crippen molar-refractivity contribution in [3.8, 4) is 0 Å². The first kappa shape index (κ1) is 13.7. The minimum Gasteiger partial charge on any atom is -0.380 e. The Labute approximate surface area is 126 Å². The minimum absolute atomic E-state index is 0.233. The van der Waals surface area contributed by atoms with E-state index >= 15 is 0 Å². The highest BCUT2D eigenvalue weighted by Crippen LogP contribution is 2.42. The average molecular weight is 291 g/mol. The predicted molar refractivity (Wildman–Crippen MR) is 78.8 cm³/mol. The lowest BCUT2D eigenvalue weighted by Gasteiger charge is -2.27. The van der Waals surface area contributed by atoms with Gasteiger partial charge in [-0.15, -0.1) is 0 Å². The van der Waals surface area contributed by atoms with E-state index in [-0.39, 0.29) is 5.41 Å². The van der Waals surface area contributed by atoms with Crippen LogP contribution in [-0.2, 0) is 23.1 Å². The van der Waals surface area contributed by atoms with Gasteiger partial charge in [-0.05, 0) is 18.8 Å². The van der Waals surface area contributed by atoms with Gasteiger partial charge in [-0.25, -0.2) is 0 Å². The molecule has 2 atom stereocenters. The van der Waals surface area contributed by atoms with Crippen LogP contribution in [0.2, 0.25) is 0 Å². The summed E-state index contributed by atoms with van der Waals surface area (Å²) in [6.07, 6.45) is 6.81. The van der Waals surface area contributed by atoms with Gasteiger partial charge in [0, 0.05) is 56.4 Å². The smallest absolute Gasteiger partial charge is 0.0561 e. The number of aryl methyl sites for hydroxylation is 1. The van der Waals surface area contributed by atoms with E-state index in [0.717, 1.165) is 52.0 Å². The molecule has 4 rings (SSSR count). The van der Waals surface area contributed by atoms with Crippen LogP contribution >= 0.6 is 0 Å². The topological polar surface area (TPSA) is 39.5 Å². The first-order chi connectivity index (χ1) is 10.2. The number of rotatable bonds is 6. The zero-order valence-corrected chi connectivity index (χ0v) is 12.8. The van der Waals surface area contributed by atoms with E-state index in [0.29, 0.717) is 5.92 Å². The summed E-state index contributed by atoms with van der Waals surface area (Å²) in [5, 5.41) is 4.26. The molecule has 3 aliphatic rings. The molecule has 0 radical (unpaired) electrons. The number of ether oxygens (including phenoxy) is 2. The first-order valence-corrected chi connectivity index (χ1v) is 8.09. The third-order valence-electron chi connectivity index (χ3n) is 5.20.